The van der Waals surface area contributed by atoms with Crippen molar-refractivity contribution < 1.29 is 18.1 Å². The minimum atomic E-state index is -4.19. The van der Waals surface area contributed by atoms with Crippen molar-refractivity contribution in [2.75, 3.05) is 13.1 Å². The molecule has 1 amide bonds. The van der Waals surface area contributed by atoms with Gasteiger partial charge in [-0.3, -0.25) is 14.9 Å². The van der Waals surface area contributed by atoms with Crippen LogP contribution in [0.1, 0.15) is 28.8 Å². The van der Waals surface area contributed by atoms with Crippen LogP contribution in [0.3, 0.4) is 0 Å². The zero-order chi connectivity index (χ0) is 24.3. The molecule has 7 nitrogen and oxygen atoms in total. The van der Waals surface area contributed by atoms with Gasteiger partial charge in [-0.25, -0.2) is 8.42 Å². The highest BCUT2D eigenvalue weighted by molar-refractivity contribution is 7.91. The summed E-state index contributed by atoms with van der Waals surface area (Å²) in [5.74, 6) is 0.124. The lowest BCUT2D eigenvalue weighted by atomic mass is 9.90. The standard InChI is InChI=1S/C25H23ClN2O5S/c26-21-7-4-8-22(17-21)34(32,33)24-10-9-20(16-23(24)28(30)31)25(29)27-13-11-19(12-14-27)15-18-5-2-1-3-6-18/h1-10,16-17,19H,11-15H2. The zero-order valence-corrected chi connectivity index (χ0v) is 19.8. The summed E-state index contributed by atoms with van der Waals surface area (Å²) in [4.78, 5) is 25.0. The molecule has 34 heavy (non-hydrogen) atoms. The number of hydrogen-bond acceptors (Lipinski definition) is 5. The molecule has 0 bridgehead atoms. The van der Waals surface area contributed by atoms with Gasteiger partial charge in [-0.05, 0) is 61.1 Å². The molecule has 0 atom stereocenters. The summed E-state index contributed by atoms with van der Waals surface area (Å²) in [6, 6.07) is 19.2. The van der Waals surface area contributed by atoms with Crippen LogP contribution in [-0.4, -0.2) is 37.2 Å². The van der Waals surface area contributed by atoms with Crippen molar-refractivity contribution >= 4 is 33.0 Å². The molecule has 1 aliphatic rings. The molecule has 1 aliphatic heterocycles. The fourth-order valence-electron chi connectivity index (χ4n) is 4.25. The number of rotatable bonds is 6. The summed E-state index contributed by atoms with van der Waals surface area (Å²) >= 11 is 5.90. The molecule has 0 spiro atoms. The number of sulfone groups is 1. The second-order valence-electron chi connectivity index (χ2n) is 8.33. The first kappa shape index (κ1) is 23.9. The third-order valence-electron chi connectivity index (χ3n) is 6.07. The molecule has 0 saturated carbocycles. The van der Waals surface area contributed by atoms with Gasteiger partial charge in [-0.2, -0.15) is 0 Å². The number of benzene rings is 3. The number of carbonyl (C=O) groups is 1. The summed E-state index contributed by atoms with van der Waals surface area (Å²) in [6.07, 6.45) is 2.62. The van der Waals surface area contributed by atoms with Crippen LogP contribution < -0.4 is 0 Å². The fourth-order valence-corrected chi connectivity index (χ4v) is 5.96. The number of likely N-dealkylation sites (tertiary alicyclic amines) is 1. The summed E-state index contributed by atoms with van der Waals surface area (Å²) in [6.45, 7) is 1.10. The van der Waals surface area contributed by atoms with Gasteiger partial charge in [-0.1, -0.05) is 48.0 Å². The molecule has 0 aliphatic carbocycles. The zero-order valence-electron chi connectivity index (χ0n) is 18.3. The summed E-state index contributed by atoms with van der Waals surface area (Å²) in [5.41, 5.74) is 0.724. The smallest absolute Gasteiger partial charge is 0.289 e. The monoisotopic (exact) mass is 498 g/mol. The van der Waals surface area contributed by atoms with Gasteiger partial charge < -0.3 is 4.90 Å². The SMILES string of the molecule is O=C(c1ccc(S(=O)(=O)c2cccc(Cl)c2)c([N+](=O)[O-])c1)N1CCC(Cc2ccccc2)CC1. The number of halogens is 1. The topological polar surface area (TPSA) is 97.6 Å². The second-order valence-corrected chi connectivity index (χ2v) is 10.7. The number of nitro groups is 1. The Balaban J connectivity index is 1.52. The molecular formula is C25H23ClN2O5S. The van der Waals surface area contributed by atoms with Gasteiger partial charge in [0.1, 0.15) is 4.90 Å². The Bertz CT molecular complexity index is 1320. The molecule has 1 saturated heterocycles. The number of carbonyl (C=O) groups excluding carboxylic acids is 1. The molecule has 0 unspecified atom stereocenters. The quantitative estimate of drug-likeness (QED) is 0.344. The number of hydrogen-bond donors (Lipinski definition) is 0. The molecule has 1 fully saturated rings. The van der Waals surface area contributed by atoms with E-state index in [1.165, 1.54) is 35.9 Å². The van der Waals surface area contributed by atoms with Crippen molar-refractivity contribution in [3.05, 3.63) is 99.1 Å². The van der Waals surface area contributed by atoms with Crippen LogP contribution in [0.25, 0.3) is 0 Å². The van der Waals surface area contributed by atoms with Crippen molar-refractivity contribution in [2.45, 2.75) is 29.1 Å². The Hall–Kier alpha value is -3.23. The maximum absolute atomic E-state index is 13.1. The van der Waals surface area contributed by atoms with Crippen molar-refractivity contribution in [1.29, 1.82) is 0 Å². The molecule has 3 aromatic rings. The van der Waals surface area contributed by atoms with E-state index in [-0.39, 0.29) is 21.4 Å². The predicted octanol–water partition coefficient (Wildman–Crippen LogP) is 5.18. The van der Waals surface area contributed by atoms with E-state index in [0.717, 1.165) is 31.4 Å². The van der Waals surface area contributed by atoms with Gasteiger partial charge in [0.2, 0.25) is 9.84 Å². The van der Waals surface area contributed by atoms with Crippen molar-refractivity contribution in [3.63, 3.8) is 0 Å². The van der Waals surface area contributed by atoms with Crippen LogP contribution in [0.15, 0.2) is 82.6 Å². The van der Waals surface area contributed by atoms with Crippen molar-refractivity contribution in [2.24, 2.45) is 5.92 Å². The predicted molar refractivity (Wildman–Crippen MR) is 129 cm³/mol. The van der Waals surface area contributed by atoms with E-state index in [9.17, 15) is 23.3 Å². The van der Waals surface area contributed by atoms with E-state index in [0.29, 0.717) is 19.0 Å². The van der Waals surface area contributed by atoms with E-state index >= 15 is 0 Å². The maximum Gasteiger partial charge on any atom is 0.289 e. The minimum Gasteiger partial charge on any atom is -0.339 e. The van der Waals surface area contributed by atoms with Gasteiger partial charge in [0.25, 0.3) is 11.6 Å². The molecule has 3 aromatic carbocycles. The van der Waals surface area contributed by atoms with Gasteiger partial charge in [-0.15, -0.1) is 0 Å². The van der Waals surface area contributed by atoms with Crippen LogP contribution in [0, 0.1) is 16.0 Å². The average molecular weight is 499 g/mol. The second kappa shape index (κ2) is 9.95. The first-order valence-corrected chi connectivity index (χ1v) is 12.7. The highest BCUT2D eigenvalue weighted by Crippen LogP contribution is 2.32. The first-order chi connectivity index (χ1) is 16.3. The Morgan fingerprint density at radius 3 is 2.35 bits per heavy atom. The Kier molecular flexibility index (Phi) is 7.00. The van der Waals surface area contributed by atoms with Crippen molar-refractivity contribution in [1.82, 2.24) is 4.90 Å². The summed E-state index contributed by atoms with van der Waals surface area (Å²) < 4.78 is 26.0. The lowest BCUT2D eigenvalue weighted by Gasteiger charge is -2.32. The highest BCUT2D eigenvalue weighted by Gasteiger charge is 2.31. The minimum absolute atomic E-state index is 0.0956. The van der Waals surface area contributed by atoms with E-state index in [1.54, 1.807) is 4.90 Å². The molecule has 1 heterocycles. The molecule has 0 N–H and O–H groups in total. The third-order valence-corrected chi connectivity index (χ3v) is 8.10. The van der Waals surface area contributed by atoms with Gasteiger partial charge >= 0.3 is 0 Å². The third kappa shape index (κ3) is 5.13. The molecule has 176 valence electrons. The van der Waals surface area contributed by atoms with Gasteiger partial charge in [0.15, 0.2) is 0 Å². The average Bonchev–Trinajstić information content (AvgIpc) is 2.84. The number of nitro benzene ring substituents is 1. The highest BCUT2D eigenvalue weighted by atomic mass is 35.5. The molecule has 0 radical (unpaired) electrons. The molecule has 9 heteroatoms. The van der Waals surface area contributed by atoms with Crippen LogP contribution >= 0.6 is 11.6 Å². The first-order valence-electron chi connectivity index (χ1n) is 10.9. The van der Waals surface area contributed by atoms with Crippen molar-refractivity contribution in [3.8, 4) is 0 Å². The fraction of sp³-hybridized carbons (Fsp3) is 0.240. The van der Waals surface area contributed by atoms with Gasteiger partial charge in [0, 0.05) is 29.7 Å². The van der Waals surface area contributed by atoms with Crippen LogP contribution in [0.5, 0.6) is 0 Å². The number of amides is 1. The van der Waals surface area contributed by atoms with E-state index < -0.39 is 25.3 Å². The summed E-state index contributed by atoms with van der Waals surface area (Å²) in [7, 11) is -4.19. The molecule has 4 rings (SSSR count). The summed E-state index contributed by atoms with van der Waals surface area (Å²) in [5, 5.41) is 11.9. The Morgan fingerprint density at radius 1 is 1.00 bits per heavy atom. The normalized spacial score (nSPS) is 14.7. The molecular weight excluding hydrogens is 476 g/mol. The van der Waals surface area contributed by atoms with Gasteiger partial charge in [0.05, 0.1) is 9.82 Å². The maximum atomic E-state index is 13.1. The van der Waals surface area contributed by atoms with E-state index in [2.05, 4.69) is 12.1 Å². The largest absolute Gasteiger partial charge is 0.339 e. The van der Waals surface area contributed by atoms with E-state index in [1.807, 2.05) is 18.2 Å². The van der Waals surface area contributed by atoms with E-state index in [4.69, 9.17) is 11.6 Å². The van der Waals surface area contributed by atoms with Crippen LogP contribution in [-0.2, 0) is 16.3 Å². The number of piperidine rings is 1. The lowest BCUT2D eigenvalue weighted by molar-refractivity contribution is -0.387. The lowest BCUT2D eigenvalue weighted by Crippen LogP contribution is -2.39. The Labute approximate surface area is 203 Å². The number of nitrogens with zero attached hydrogens (tertiary/aromatic N) is 2. The van der Waals surface area contributed by atoms with Crippen LogP contribution in [0.4, 0.5) is 5.69 Å². The Morgan fingerprint density at radius 2 is 1.71 bits per heavy atom. The van der Waals surface area contributed by atoms with Crippen LogP contribution in [0.2, 0.25) is 5.02 Å². The molecule has 0 aromatic heterocycles.